The van der Waals surface area contributed by atoms with Crippen molar-refractivity contribution in [3.8, 4) is 0 Å². The van der Waals surface area contributed by atoms with E-state index in [4.69, 9.17) is 4.74 Å². The van der Waals surface area contributed by atoms with Gasteiger partial charge in [0.1, 0.15) is 5.69 Å². The van der Waals surface area contributed by atoms with Crippen LogP contribution in [-0.4, -0.2) is 23.4 Å². The summed E-state index contributed by atoms with van der Waals surface area (Å²) in [5.74, 6) is -1.50. The zero-order valence-electron chi connectivity index (χ0n) is 12.6. The Labute approximate surface area is 136 Å². The molecule has 1 N–H and O–H groups in total. The van der Waals surface area contributed by atoms with Crippen molar-refractivity contribution in [3.05, 3.63) is 69.2 Å². The summed E-state index contributed by atoms with van der Waals surface area (Å²) in [6.07, 6.45) is 2.24. The van der Waals surface area contributed by atoms with Crippen LogP contribution in [0.5, 0.6) is 0 Å². The van der Waals surface area contributed by atoms with Gasteiger partial charge in [-0.25, -0.2) is 4.79 Å². The topological polar surface area (TPSA) is 125 Å². The molecule has 2 aromatic rings. The van der Waals surface area contributed by atoms with Crippen molar-refractivity contribution < 1.29 is 24.0 Å². The van der Waals surface area contributed by atoms with Crippen LogP contribution in [0.2, 0.25) is 0 Å². The van der Waals surface area contributed by atoms with Crippen molar-refractivity contribution in [1.29, 1.82) is 0 Å². The molecule has 24 heavy (non-hydrogen) atoms. The van der Waals surface area contributed by atoms with E-state index in [1.165, 1.54) is 24.3 Å². The predicted octanol–water partition coefficient (Wildman–Crippen LogP) is 1.33. The summed E-state index contributed by atoms with van der Waals surface area (Å²) in [6.45, 7) is 0.993. The molecule has 0 unspecified atom stereocenters. The molecule has 2 rings (SSSR count). The molecule has 0 spiro atoms. The third-order valence-corrected chi connectivity index (χ3v) is 3.08. The average molecular weight is 331 g/mol. The quantitative estimate of drug-likeness (QED) is 0.290. The molecule has 9 nitrogen and oxygen atoms in total. The first-order valence-electron chi connectivity index (χ1n) is 6.78. The van der Waals surface area contributed by atoms with Crippen LogP contribution in [-0.2, 0) is 9.53 Å². The lowest BCUT2D eigenvalue weighted by atomic mass is 10.1. The monoisotopic (exact) mass is 331 g/mol. The third kappa shape index (κ3) is 4.03. The lowest BCUT2D eigenvalue weighted by Gasteiger charge is -2.09. The molecule has 0 bridgehead atoms. The summed E-state index contributed by atoms with van der Waals surface area (Å²) in [6, 6.07) is 6.87. The molecule has 124 valence electrons. The highest BCUT2D eigenvalue weighted by Gasteiger charge is 2.18. The number of ether oxygens (including phenoxy) is 1. The van der Waals surface area contributed by atoms with Crippen molar-refractivity contribution in [1.82, 2.24) is 0 Å². The lowest BCUT2D eigenvalue weighted by Crippen LogP contribution is -2.25. The van der Waals surface area contributed by atoms with Gasteiger partial charge in [0.25, 0.3) is 11.6 Å². The van der Waals surface area contributed by atoms with Gasteiger partial charge in [0.05, 0.1) is 10.5 Å². The maximum absolute atomic E-state index is 11.9. The molecule has 0 fully saturated rings. The summed E-state index contributed by atoms with van der Waals surface area (Å²) in [7, 11) is 0. The van der Waals surface area contributed by atoms with Gasteiger partial charge < -0.3 is 15.3 Å². The Morgan fingerprint density at radius 2 is 1.92 bits per heavy atom. The van der Waals surface area contributed by atoms with E-state index < -0.39 is 23.4 Å². The number of rotatable bonds is 5. The molecule has 1 heterocycles. The average Bonchev–Trinajstić information content (AvgIpc) is 2.55. The zero-order chi connectivity index (χ0) is 17.7. The number of hydrogen-bond acceptors (Lipinski definition) is 6. The minimum atomic E-state index is -0.787. The highest BCUT2D eigenvalue weighted by atomic mass is 16.6. The van der Waals surface area contributed by atoms with Crippen LogP contribution in [0.3, 0.4) is 0 Å². The standard InChI is InChI=1S/C15H13N3O6/c1-10-3-2-4-12(18(22)23)14(10)16-13(19)9-24-15(20)11-5-7-17(21)8-6-11/h2-8H,9H2,1H3,(H,16,19). The second-order valence-corrected chi connectivity index (χ2v) is 4.80. The van der Waals surface area contributed by atoms with Gasteiger partial charge in [0, 0.05) is 18.2 Å². The second kappa shape index (κ2) is 7.18. The van der Waals surface area contributed by atoms with Crippen molar-refractivity contribution in [2.45, 2.75) is 6.92 Å². The first kappa shape index (κ1) is 16.9. The Bertz CT molecular complexity index is 788. The molecule has 0 saturated heterocycles. The number of amides is 1. The van der Waals surface area contributed by atoms with Crippen LogP contribution in [0.4, 0.5) is 11.4 Å². The van der Waals surface area contributed by atoms with Crippen LogP contribution in [0.15, 0.2) is 42.7 Å². The van der Waals surface area contributed by atoms with E-state index in [2.05, 4.69) is 5.32 Å². The minimum Gasteiger partial charge on any atom is -0.619 e. The lowest BCUT2D eigenvalue weighted by molar-refractivity contribution is -0.605. The normalized spacial score (nSPS) is 10.0. The van der Waals surface area contributed by atoms with Gasteiger partial charge >= 0.3 is 5.97 Å². The molecule has 1 aromatic heterocycles. The van der Waals surface area contributed by atoms with Crippen LogP contribution in [0.25, 0.3) is 0 Å². The third-order valence-electron chi connectivity index (χ3n) is 3.08. The molecule has 0 atom stereocenters. The number of para-hydroxylation sites is 1. The molecule has 1 amide bonds. The number of aromatic nitrogens is 1. The minimum absolute atomic E-state index is 0.0515. The van der Waals surface area contributed by atoms with Gasteiger partial charge in [-0.1, -0.05) is 12.1 Å². The maximum atomic E-state index is 11.9. The molecule has 0 aliphatic carbocycles. The van der Waals surface area contributed by atoms with Gasteiger partial charge in [-0.05, 0) is 12.5 Å². The summed E-state index contributed by atoms with van der Waals surface area (Å²) in [5.41, 5.74) is 0.414. The van der Waals surface area contributed by atoms with Gasteiger partial charge in [-0.15, -0.1) is 0 Å². The van der Waals surface area contributed by atoms with E-state index in [9.17, 15) is 24.9 Å². The Morgan fingerprint density at radius 3 is 2.54 bits per heavy atom. The molecular formula is C15H13N3O6. The number of anilines is 1. The number of carbonyl (C=O) groups excluding carboxylic acids is 2. The molecule has 9 heteroatoms. The van der Waals surface area contributed by atoms with Crippen LogP contribution in [0, 0.1) is 22.2 Å². The molecule has 1 aromatic carbocycles. The number of pyridine rings is 1. The fourth-order valence-electron chi connectivity index (χ4n) is 1.91. The number of nitrogens with one attached hydrogen (secondary N) is 1. The smallest absolute Gasteiger partial charge is 0.339 e. The first-order chi connectivity index (χ1) is 11.4. The van der Waals surface area contributed by atoms with E-state index in [-0.39, 0.29) is 16.9 Å². The largest absolute Gasteiger partial charge is 0.619 e. The number of aryl methyl sites for hydroxylation is 1. The van der Waals surface area contributed by atoms with E-state index in [0.29, 0.717) is 10.3 Å². The van der Waals surface area contributed by atoms with Gasteiger partial charge in [0.15, 0.2) is 19.0 Å². The molecule has 0 aliphatic rings. The number of benzene rings is 1. The Kier molecular flexibility index (Phi) is 5.05. The highest BCUT2D eigenvalue weighted by molar-refractivity contribution is 5.97. The van der Waals surface area contributed by atoms with Crippen molar-refractivity contribution in [3.63, 3.8) is 0 Å². The molecule has 0 radical (unpaired) electrons. The highest BCUT2D eigenvalue weighted by Crippen LogP contribution is 2.27. The predicted molar refractivity (Wildman–Crippen MR) is 82.1 cm³/mol. The number of esters is 1. The number of nitro groups is 1. The van der Waals surface area contributed by atoms with E-state index in [1.54, 1.807) is 13.0 Å². The Morgan fingerprint density at radius 1 is 1.25 bits per heavy atom. The fraction of sp³-hybridized carbons (Fsp3) is 0.133. The Hall–Kier alpha value is -3.49. The van der Waals surface area contributed by atoms with Crippen LogP contribution >= 0.6 is 0 Å². The van der Waals surface area contributed by atoms with Crippen molar-refractivity contribution in [2.24, 2.45) is 0 Å². The van der Waals surface area contributed by atoms with Crippen molar-refractivity contribution >= 4 is 23.3 Å². The number of nitrogens with zero attached hydrogens (tertiary/aromatic N) is 2. The number of hydrogen-bond donors (Lipinski definition) is 1. The summed E-state index contributed by atoms with van der Waals surface area (Å²) in [5, 5.41) is 24.2. The van der Waals surface area contributed by atoms with Gasteiger partial charge in [-0.2, -0.15) is 4.73 Å². The molecular weight excluding hydrogens is 318 g/mol. The SMILES string of the molecule is Cc1cccc([N+](=O)[O-])c1NC(=O)COC(=O)c1cc[n+]([O-])cc1. The van der Waals surface area contributed by atoms with E-state index in [0.717, 1.165) is 12.4 Å². The fourth-order valence-corrected chi connectivity index (χ4v) is 1.91. The van der Waals surface area contributed by atoms with E-state index >= 15 is 0 Å². The van der Waals surface area contributed by atoms with Crippen LogP contribution in [0.1, 0.15) is 15.9 Å². The Balaban J connectivity index is 2.00. The second-order valence-electron chi connectivity index (χ2n) is 4.80. The summed E-state index contributed by atoms with van der Waals surface area (Å²) >= 11 is 0. The van der Waals surface area contributed by atoms with Gasteiger partial charge in [0.2, 0.25) is 0 Å². The van der Waals surface area contributed by atoms with E-state index in [1.807, 2.05) is 0 Å². The summed E-state index contributed by atoms with van der Waals surface area (Å²) < 4.78 is 5.31. The molecule has 0 saturated carbocycles. The van der Waals surface area contributed by atoms with Crippen molar-refractivity contribution in [2.75, 3.05) is 11.9 Å². The number of carbonyl (C=O) groups is 2. The van der Waals surface area contributed by atoms with Crippen LogP contribution < -0.4 is 10.0 Å². The van der Waals surface area contributed by atoms with Gasteiger partial charge in [-0.3, -0.25) is 14.9 Å². The summed E-state index contributed by atoms with van der Waals surface area (Å²) in [4.78, 5) is 34.0. The zero-order valence-corrected chi connectivity index (χ0v) is 12.6. The first-order valence-corrected chi connectivity index (χ1v) is 6.78. The molecule has 0 aliphatic heterocycles. The number of nitro benzene ring substituents is 1. The maximum Gasteiger partial charge on any atom is 0.339 e.